The lowest BCUT2D eigenvalue weighted by molar-refractivity contribution is -0.167. The summed E-state index contributed by atoms with van der Waals surface area (Å²) in [6.07, 6.45) is 3.14. The molecule has 3 aromatic carbocycles. The van der Waals surface area contributed by atoms with Gasteiger partial charge in [0.15, 0.2) is 0 Å². The highest BCUT2D eigenvalue weighted by atomic mass is 16.5. The molecule has 218 valence electrons. The third kappa shape index (κ3) is 6.11. The van der Waals surface area contributed by atoms with E-state index < -0.39 is 17.6 Å². The summed E-state index contributed by atoms with van der Waals surface area (Å²) in [6, 6.07) is 24.4. The Morgan fingerprint density at radius 1 is 0.976 bits per heavy atom. The zero-order valence-corrected chi connectivity index (χ0v) is 24.1. The average molecular weight is 568 g/mol. The van der Waals surface area contributed by atoms with Gasteiger partial charge in [0.1, 0.15) is 5.54 Å². The Kier molecular flexibility index (Phi) is 9.07. The second-order valence-electron chi connectivity index (χ2n) is 10.9. The molecule has 1 fully saturated rings. The molecule has 0 spiro atoms. The summed E-state index contributed by atoms with van der Waals surface area (Å²) in [5.74, 6) is 0.0110. The lowest BCUT2D eigenvalue weighted by atomic mass is 9.78. The molecule has 0 saturated heterocycles. The van der Waals surface area contributed by atoms with Crippen LogP contribution in [0.3, 0.4) is 0 Å². The van der Waals surface area contributed by atoms with Gasteiger partial charge < -0.3 is 14.7 Å². The van der Waals surface area contributed by atoms with Gasteiger partial charge >= 0.3 is 5.97 Å². The van der Waals surface area contributed by atoms with Gasteiger partial charge in [-0.3, -0.25) is 4.79 Å². The summed E-state index contributed by atoms with van der Waals surface area (Å²) in [7, 11) is 1.36. The molecule has 2 N–H and O–H groups in total. The number of ether oxygens (including phenoxy) is 1. The van der Waals surface area contributed by atoms with E-state index in [0.29, 0.717) is 37.9 Å². The Balaban J connectivity index is 1.49. The molecule has 0 aliphatic heterocycles. The van der Waals surface area contributed by atoms with Crippen LogP contribution in [-0.2, 0) is 20.9 Å². The van der Waals surface area contributed by atoms with Crippen molar-refractivity contribution < 1.29 is 19.4 Å². The first-order chi connectivity index (χ1) is 20.4. The molecule has 1 aromatic heterocycles. The van der Waals surface area contributed by atoms with Gasteiger partial charge in [-0.1, -0.05) is 74.0 Å². The van der Waals surface area contributed by atoms with Gasteiger partial charge in [0.05, 0.1) is 13.2 Å². The maximum Gasteiger partial charge on any atom is 0.331 e. The second-order valence-corrected chi connectivity index (χ2v) is 10.9. The predicted molar refractivity (Wildman–Crippen MR) is 160 cm³/mol. The van der Waals surface area contributed by atoms with Crippen molar-refractivity contribution >= 4 is 11.9 Å². The predicted octanol–water partition coefficient (Wildman–Crippen LogP) is 5.57. The van der Waals surface area contributed by atoms with E-state index in [-0.39, 0.29) is 12.5 Å². The van der Waals surface area contributed by atoms with Crippen molar-refractivity contribution in [3.05, 3.63) is 78.4 Å². The Morgan fingerprint density at radius 3 is 2.33 bits per heavy atom. The molecule has 1 amide bonds. The first-order valence-electron chi connectivity index (χ1n) is 14.5. The van der Waals surface area contributed by atoms with Gasteiger partial charge in [-0.25, -0.2) is 4.79 Å². The molecule has 5 rings (SSSR count). The van der Waals surface area contributed by atoms with Crippen LogP contribution < -0.4 is 0 Å². The van der Waals surface area contributed by atoms with E-state index >= 15 is 0 Å². The van der Waals surface area contributed by atoms with Crippen LogP contribution >= 0.6 is 0 Å². The molecule has 4 aromatic rings. The molecule has 1 aliphatic carbocycles. The van der Waals surface area contributed by atoms with Crippen LogP contribution in [0.25, 0.3) is 33.6 Å². The van der Waals surface area contributed by atoms with Crippen molar-refractivity contribution in [2.75, 3.05) is 7.11 Å². The third-order valence-corrected chi connectivity index (χ3v) is 8.23. The summed E-state index contributed by atoms with van der Waals surface area (Å²) in [4.78, 5) is 28.5. The number of carbonyl (C=O) groups excluding carboxylic acids is 2. The van der Waals surface area contributed by atoms with Gasteiger partial charge in [-0.05, 0) is 77.3 Å². The Hall–Kier alpha value is -4.37. The van der Waals surface area contributed by atoms with E-state index in [1.165, 1.54) is 7.11 Å². The molecule has 1 heterocycles. The highest BCUT2D eigenvalue weighted by molar-refractivity contribution is 5.88. The standard InChI is InChI=1S/C33H37N5O4/c1-3-4-10-30(40)38(33(32(41)42-2)19-17-27(39)18-20-33)22-23-11-13-25(14-12-23)29-21-26(24-8-6-5-7-9-24)15-16-28(29)31-34-36-37-35-31/h5-9,11-16,21,27,39H,3-4,10,17-20,22H2,1-2H3,(H,34,35,36,37)/t27-,33-. The molecule has 9 nitrogen and oxygen atoms in total. The van der Waals surface area contributed by atoms with E-state index in [0.717, 1.165) is 46.2 Å². The lowest BCUT2D eigenvalue weighted by Crippen LogP contribution is -2.59. The van der Waals surface area contributed by atoms with Crippen molar-refractivity contribution in [2.45, 2.75) is 70.1 Å². The molecular formula is C33H37N5O4. The maximum atomic E-state index is 13.6. The lowest BCUT2D eigenvalue weighted by Gasteiger charge is -2.45. The fourth-order valence-electron chi connectivity index (χ4n) is 5.83. The number of amides is 1. The number of benzene rings is 3. The summed E-state index contributed by atoms with van der Waals surface area (Å²) >= 11 is 0. The second kappa shape index (κ2) is 13.1. The number of nitrogens with one attached hydrogen (secondary N) is 1. The normalized spacial score (nSPS) is 18.4. The monoisotopic (exact) mass is 567 g/mol. The van der Waals surface area contributed by atoms with Crippen LogP contribution in [-0.4, -0.2) is 61.3 Å². The Morgan fingerprint density at radius 2 is 1.69 bits per heavy atom. The fraction of sp³-hybridized carbons (Fsp3) is 0.364. The number of esters is 1. The molecular weight excluding hydrogens is 530 g/mol. The highest BCUT2D eigenvalue weighted by Crippen LogP contribution is 2.38. The van der Waals surface area contributed by atoms with E-state index in [1.54, 1.807) is 4.90 Å². The molecule has 42 heavy (non-hydrogen) atoms. The van der Waals surface area contributed by atoms with Crippen LogP contribution in [0.4, 0.5) is 0 Å². The number of H-pyrrole nitrogens is 1. The number of tetrazole rings is 1. The van der Waals surface area contributed by atoms with Crippen LogP contribution in [0, 0.1) is 0 Å². The maximum absolute atomic E-state index is 13.6. The minimum atomic E-state index is -1.09. The molecule has 1 aliphatic rings. The van der Waals surface area contributed by atoms with Crippen molar-refractivity contribution in [1.29, 1.82) is 0 Å². The molecule has 0 unspecified atom stereocenters. The van der Waals surface area contributed by atoms with Gasteiger partial charge in [0.2, 0.25) is 11.7 Å². The largest absolute Gasteiger partial charge is 0.467 e. The number of nitrogens with zero attached hydrogens (tertiary/aromatic N) is 4. The van der Waals surface area contributed by atoms with Gasteiger partial charge in [-0.15, -0.1) is 10.2 Å². The zero-order chi connectivity index (χ0) is 29.5. The summed E-state index contributed by atoms with van der Waals surface area (Å²) in [6.45, 7) is 2.31. The van der Waals surface area contributed by atoms with Crippen LogP contribution in [0.2, 0.25) is 0 Å². The van der Waals surface area contributed by atoms with Crippen molar-refractivity contribution in [3.8, 4) is 33.6 Å². The number of hydrogen-bond donors (Lipinski definition) is 2. The first-order valence-corrected chi connectivity index (χ1v) is 14.5. The molecule has 9 heteroatoms. The molecule has 0 atom stereocenters. The zero-order valence-electron chi connectivity index (χ0n) is 24.1. The number of hydrogen-bond acceptors (Lipinski definition) is 7. The Bertz CT molecular complexity index is 1480. The van der Waals surface area contributed by atoms with E-state index in [2.05, 4.69) is 38.8 Å². The SMILES string of the molecule is CCCCC(=O)N(Cc1ccc(-c2cc(-c3ccccc3)ccc2-c2nn[nH]n2)cc1)[C@]1(C(=O)OC)CC[C@@H](O)CC1. The van der Waals surface area contributed by atoms with Crippen molar-refractivity contribution in [1.82, 2.24) is 25.5 Å². The first kappa shape index (κ1) is 29.1. The molecule has 1 saturated carbocycles. The number of aromatic nitrogens is 4. The highest BCUT2D eigenvalue weighted by Gasteiger charge is 2.49. The molecule has 0 bridgehead atoms. The van der Waals surface area contributed by atoms with E-state index in [1.807, 2.05) is 61.5 Å². The number of methoxy groups -OCH3 is 1. The van der Waals surface area contributed by atoms with E-state index in [9.17, 15) is 14.7 Å². The summed E-state index contributed by atoms with van der Waals surface area (Å²) in [5.41, 5.74) is 4.73. The number of aliphatic hydroxyl groups excluding tert-OH is 1. The number of aromatic amines is 1. The number of carbonyl (C=O) groups is 2. The molecule has 0 radical (unpaired) electrons. The number of aliphatic hydroxyl groups is 1. The average Bonchev–Trinajstić information content (AvgIpc) is 3.58. The topological polar surface area (TPSA) is 121 Å². The smallest absolute Gasteiger partial charge is 0.331 e. The minimum Gasteiger partial charge on any atom is -0.467 e. The van der Waals surface area contributed by atoms with E-state index in [4.69, 9.17) is 4.74 Å². The quantitative estimate of drug-likeness (QED) is 0.240. The van der Waals surface area contributed by atoms with Crippen LogP contribution in [0.15, 0.2) is 72.8 Å². The van der Waals surface area contributed by atoms with Crippen LogP contribution in [0.5, 0.6) is 0 Å². The van der Waals surface area contributed by atoms with Crippen molar-refractivity contribution in [3.63, 3.8) is 0 Å². The number of rotatable bonds is 10. The van der Waals surface area contributed by atoms with Gasteiger partial charge in [0.25, 0.3) is 0 Å². The van der Waals surface area contributed by atoms with Crippen molar-refractivity contribution in [2.24, 2.45) is 0 Å². The van der Waals surface area contributed by atoms with Crippen LogP contribution in [0.1, 0.15) is 57.4 Å². The van der Waals surface area contributed by atoms with Gasteiger partial charge in [0, 0.05) is 18.5 Å². The third-order valence-electron chi connectivity index (χ3n) is 8.23. The number of unbranched alkanes of at least 4 members (excludes halogenated alkanes) is 1. The minimum absolute atomic E-state index is 0.0716. The summed E-state index contributed by atoms with van der Waals surface area (Å²) < 4.78 is 5.24. The summed E-state index contributed by atoms with van der Waals surface area (Å²) in [5, 5.41) is 24.9. The Labute approximate surface area is 245 Å². The fourth-order valence-corrected chi connectivity index (χ4v) is 5.83. The van der Waals surface area contributed by atoms with Gasteiger partial charge in [-0.2, -0.15) is 5.21 Å².